The number of amides is 3. The van der Waals surface area contributed by atoms with Gasteiger partial charge in [-0.1, -0.05) is 6.07 Å². The maximum absolute atomic E-state index is 12.3. The second kappa shape index (κ2) is 8.85. The number of ether oxygens (including phenoxy) is 2. The lowest BCUT2D eigenvalue weighted by atomic mass is 9.92. The van der Waals surface area contributed by atoms with Crippen molar-refractivity contribution >= 4 is 17.7 Å². The topological polar surface area (TPSA) is 106 Å². The molecule has 0 bridgehead atoms. The maximum atomic E-state index is 12.3. The molecule has 8 heteroatoms. The predicted molar refractivity (Wildman–Crippen MR) is 97.4 cm³/mol. The highest BCUT2D eigenvalue weighted by Crippen LogP contribution is 2.22. The lowest BCUT2D eigenvalue weighted by Gasteiger charge is -2.36. The van der Waals surface area contributed by atoms with E-state index < -0.39 is 0 Å². The van der Waals surface area contributed by atoms with Gasteiger partial charge in [-0.2, -0.15) is 0 Å². The molecule has 2 aliphatic heterocycles. The molecule has 0 saturated carbocycles. The lowest BCUT2D eigenvalue weighted by molar-refractivity contribution is -0.128. The molecule has 1 aromatic carbocycles. The van der Waals surface area contributed by atoms with Crippen LogP contribution in [0.4, 0.5) is 0 Å². The first kappa shape index (κ1) is 19.2. The standard InChI is InChI=1S/C19H25N3O5/c1-26-13-5-2-4-12(10-13)19(25)20-11-17(24)21-14-7-8-16(23)22-18(14)15-6-3-9-27-15/h2,4-5,10,14-15,18H,3,6-9,11H2,1H3,(H,20,25)(H,21,24)(H,22,23). The average molecular weight is 375 g/mol. The van der Waals surface area contributed by atoms with E-state index >= 15 is 0 Å². The largest absolute Gasteiger partial charge is 0.497 e. The number of hydrogen-bond donors (Lipinski definition) is 3. The van der Waals surface area contributed by atoms with Crippen LogP contribution in [-0.2, 0) is 14.3 Å². The van der Waals surface area contributed by atoms with Crippen molar-refractivity contribution in [1.29, 1.82) is 0 Å². The first-order chi connectivity index (χ1) is 13.1. The zero-order valence-electron chi connectivity index (χ0n) is 15.3. The van der Waals surface area contributed by atoms with Crippen LogP contribution in [0.2, 0.25) is 0 Å². The molecule has 8 nitrogen and oxygen atoms in total. The molecular formula is C19H25N3O5. The normalized spacial score (nSPS) is 24.8. The van der Waals surface area contributed by atoms with Crippen LogP contribution in [0.1, 0.15) is 36.0 Å². The van der Waals surface area contributed by atoms with Crippen molar-refractivity contribution in [2.45, 2.75) is 43.9 Å². The number of carbonyl (C=O) groups is 3. The van der Waals surface area contributed by atoms with Crippen molar-refractivity contribution in [3.63, 3.8) is 0 Å². The van der Waals surface area contributed by atoms with Gasteiger partial charge in [0.05, 0.1) is 31.8 Å². The summed E-state index contributed by atoms with van der Waals surface area (Å²) in [6, 6.07) is 6.28. The quantitative estimate of drug-likeness (QED) is 0.666. The Labute approximate surface area is 158 Å². The molecule has 2 fully saturated rings. The average Bonchev–Trinajstić information content (AvgIpc) is 3.22. The van der Waals surface area contributed by atoms with Gasteiger partial charge in [0, 0.05) is 18.6 Å². The van der Waals surface area contributed by atoms with Crippen molar-refractivity contribution < 1.29 is 23.9 Å². The SMILES string of the molecule is COc1cccc(C(=O)NCC(=O)NC2CCC(=O)NC2C2CCCO2)c1. The first-order valence-electron chi connectivity index (χ1n) is 9.19. The van der Waals surface area contributed by atoms with Crippen LogP contribution >= 0.6 is 0 Å². The molecule has 2 heterocycles. The van der Waals surface area contributed by atoms with E-state index in [1.807, 2.05) is 0 Å². The van der Waals surface area contributed by atoms with Gasteiger partial charge < -0.3 is 25.4 Å². The molecule has 146 valence electrons. The minimum absolute atomic E-state index is 0.0210. The van der Waals surface area contributed by atoms with Gasteiger partial charge in [-0.3, -0.25) is 14.4 Å². The molecule has 0 aliphatic carbocycles. The second-order valence-electron chi connectivity index (χ2n) is 6.77. The molecule has 0 spiro atoms. The predicted octanol–water partition coefficient (Wildman–Crippen LogP) is 0.367. The molecule has 3 unspecified atom stereocenters. The number of benzene rings is 1. The zero-order chi connectivity index (χ0) is 19.2. The number of piperidine rings is 1. The third-order valence-corrected chi connectivity index (χ3v) is 4.90. The molecule has 2 saturated heterocycles. The Morgan fingerprint density at radius 1 is 1.33 bits per heavy atom. The number of carbonyl (C=O) groups excluding carboxylic acids is 3. The summed E-state index contributed by atoms with van der Waals surface area (Å²) in [5.74, 6) is -0.0937. The Balaban J connectivity index is 1.52. The molecule has 3 atom stereocenters. The van der Waals surface area contributed by atoms with E-state index in [4.69, 9.17) is 9.47 Å². The van der Waals surface area contributed by atoms with E-state index in [2.05, 4.69) is 16.0 Å². The van der Waals surface area contributed by atoms with Gasteiger partial charge in [-0.15, -0.1) is 0 Å². The fourth-order valence-corrected chi connectivity index (χ4v) is 3.51. The van der Waals surface area contributed by atoms with E-state index in [0.717, 1.165) is 12.8 Å². The molecule has 3 rings (SSSR count). The number of methoxy groups -OCH3 is 1. The summed E-state index contributed by atoms with van der Waals surface area (Å²) in [6.45, 7) is 0.535. The summed E-state index contributed by atoms with van der Waals surface area (Å²) in [5, 5.41) is 8.47. The summed E-state index contributed by atoms with van der Waals surface area (Å²) in [4.78, 5) is 36.2. The summed E-state index contributed by atoms with van der Waals surface area (Å²) in [7, 11) is 1.53. The third-order valence-electron chi connectivity index (χ3n) is 4.90. The summed E-state index contributed by atoms with van der Waals surface area (Å²) in [6.07, 6.45) is 2.67. The highest BCUT2D eigenvalue weighted by Gasteiger charge is 2.37. The number of nitrogens with one attached hydrogen (secondary N) is 3. The molecule has 3 amide bonds. The van der Waals surface area contributed by atoms with Crippen LogP contribution < -0.4 is 20.7 Å². The third kappa shape index (κ3) is 4.97. The van der Waals surface area contributed by atoms with Gasteiger partial charge in [0.2, 0.25) is 11.8 Å². The Hall–Kier alpha value is -2.61. The van der Waals surface area contributed by atoms with Gasteiger partial charge in [0.1, 0.15) is 5.75 Å². The summed E-state index contributed by atoms with van der Waals surface area (Å²) in [5.41, 5.74) is 0.421. The van der Waals surface area contributed by atoms with Crippen molar-refractivity contribution in [2.75, 3.05) is 20.3 Å². The number of rotatable bonds is 6. The van der Waals surface area contributed by atoms with E-state index in [9.17, 15) is 14.4 Å². The van der Waals surface area contributed by atoms with Crippen LogP contribution in [0.25, 0.3) is 0 Å². The monoisotopic (exact) mass is 375 g/mol. The molecule has 3 N–H and O–H groups in total. The minimum Gasteiger partial charge on any atom is -0.497 e. The van der Waals surface area contributed by atoms with Crippen molar-refractivity contribution in [3.8, 4) is 5.75 Å². The van der Waals surface area contributed by atoms with E-state index in [1.165, 1.54) is 7.11 Å². The molecule has 0 radical (unpaired) electrons. The highest BCUT2D eigenvalue weighted by atomic mass is 16.5. The van der Waals surface area contributed by atoms with Gasteiger partial charge >= 0.3 is 0 Å². The Kier molecular flexibility index (Phi) is 6.28. The molecule has 2 aliphatic rings. The molecular weight excluding hydrogens is 350 g/mol. The fraction of sp³-hybridized carbons (Fsp3) is 0.526. The minimum atomic E-state index is -0.350. The molecule has 1 aromatic rings. The van der Waals surface area contributed by atoms with Gasteiger partial charge in [-0.05, 0) is 37.5 Å². The van der Waals surface area contributed by atoms with Crippen molar-refractivity contribution in [2.24, 2.45) is 0 Å². The fourth-order valence-electron chi connectivity index (χ4n) is 3.51. The Morgan fingerprint density at radius 3 is 2.93 bits per heavy atom. The van der Waals surface area contributed by atoms with E-state index in [1.54, 1.807) is 24.3 Å². The number of hydrogen-bond acceptors (Lipinski definition) is 5. The molecule has 0 aromatic heterocycles. The van der Waals surface area contributed by atoms with Crippen molar-refractivity contribution in [3.05, 3.63) is 29.8 Å². The summed E-state index contributed by atoms with van der Waals surface area (Å²) >= 11 is 0. The Morgan fingerprint density at radius 2 is 2.19 bits per heavy atom. The van der Waals surface area contributed by atoms with Crippen LogP contribution in [0.3, 0.4) is 0 Å². The highest BCUT2D eigenvalue weighted by molar-refractivity contribution is 5.96. The van der Waals surface area contributed by atoms with Crippen molar-refractivity contribution in [1.82, 2.24) is 16.0 Å². The van der Waals surface area contributed by atoms with Crippen LogP contribution in [0.5, 0.6) is 5.75 Å². The van der Waals surface area contributed by atoms with Crippen LogP contribution in [-0.4, -0.2) is 56.2 Å². The molecule has 27 heavy (non-hydrogen) atoms. The van der Waals surface area contributed by atoms with Crippen LogP contribution in [0.15, 0.2) is 24.3 Å². The van der Waals surface area contributed by atoms with Gasteiger partial charge in [-0.25, -0.2) is 0 Å². The maximum Gasteiger partial charge on any atom is 0.251 e. The Bertz CT molecular complexity index is 702. The first-order valence-corrected chi connectivity index (χ1v) is 9.19. The van der Waals surface area contributed by atoms with Crippen LogP contribution in [0, 0.1) is 0 Å². The van der Waals surface area contributed by atoms with Gasteiger partial charge in [0.15, 0.2) is 0 Å². The lowest BCUT2D eigenvalue weighted by Crippen LogP contribution is -2.60. The zero-order valence-corrected chi connectivity index (χ0v) is 15.3. The van der Waals surface area contributed by atoms with E-state index in [0.29, 0.717) is 30.8 Å². The summed E-state index contributed by atoms with van der Waals surface area (Å²) < 4.78 is 10.8. The van der Waals surface area contributed by atoms with Gasteiger partial charge in [0.25, 0.3) is 5.91 Å². The van der Waals surface area contributed by atoms with E-state index in [-0.39, 0.29) is 42.5 Å². The smallest absolute Gasteiger partial charge is 0.251 e. The second-order valence-corrected chi connectivity index (χ2v) is 6.77.